The molecule has 2 atom stereocenters. The standard InChI is InChI=1S/C15H32N2O2/c1-4-9-17-10-6-14(7-11-17)13(2)16-8-5-15(18)12-19-3/h13-16,18H,4-12H2,1-3H3. The van der Waals surface area contributed by atoms with Crippen LogP contribution in [0.4, 0.5) is 0 Å². The van der Waals surface area contributed by atoms with E-state index in [9.17, 15) is 5.11 Å². The largest absolute Gasteiger partial charge is 0.391 e. The quantitative estimate of drug-likeness (QED) is 0.667. The van der Waals surface area contributed by atoms with E-state index in [2.05, 4.69) is 24.1 Å². The molecule has 1 aliphatic rings. The average Bonchev–Trinajstić information content (AvgIpc) is 2.40. The van der Waals surface area contributed by atoms with Crippen LogP contribution in [0.1, 0.15) is 39.5 Å². The third-order valence-electron chi connectivity index (χ3n) is 4.18. The number of methoxy groups -OCH3 is 1. The molecule has 0 aromatic heterocycles. The van der Waals surface area contributed by atoms with Crippen LogP contribution in [0.15, 0.2) is 0 Å². The molecule has 0 amide bonds. The van der Waals surface area contributed by atoms with Crippen LogP contribution in [0.2, 0.25) is 0 Å². The van der Waals surface area contributed by atoms with Crippen LogP contribution in [0.25, 0.3) is 0 Å². The molecule has 4 heteroatoms. The smallest absolute Gasteiger partial charge is 0.0785 e. The minimum atomic E-state index is -0.337. The normalized spacial score (nSPS) is 21.5. The third kappa shape index (κ3) is 6.70. The van der Waals surface area contributed by atoms with Crippen LogP contribution in [0.3, 0.4) is 0 Å². The molecule has 1 saturated heterocycles. The number of nitrogens with one attached hydrogen (secondary N) is 1. The Hall–Kier alpha value is -0.160. The zero-order valence-corrected chi connectivity index (χ0v) is 12.9. The highest BCUT2D eigenvalue weighted by atomic mass is 16.5. The van der Waals surface area contributed by atoms with Gasteiger partial charge in [-0.2, -0.15) is 0 Å². The van der Waals surface area contributed by atoms with Gasteiger partial charge in [0.05, 0.1) is 12.7 Å². The van der Waals surface area contributed by atoms with Gasteiger partial charge in [0.15, 0.2) is 0 Å². The molecule has 0 aromatic carbocycles. The lowest BCUT2D eigenvalue weighted by atomic mass is 9.90. The van der Waals surface area contributed by atoms with Crippen molar-refractivity contribution in [2.75, 3.05) is 39.9 Å². The van der Waals surface area contributed by atoms with Crippen molar-refractivity contribution in [3.05, 3.63) is 0 Å². The van der Waals surface area contributed by atoms with Gasteiger partial charge in [0.1, 0.15) is 0 Å². The highest BCUT2D eigenvalue weighted by molar-refractivity contribution is 4.79. The van der Waals surface area contributed by atoms with Gasteiger partial charge in [-0.05, 0) is 64.7 Å². The molecule has 1 aliphatic heterocycles. The zero-order valence-electron chi connectivity index (χ0n) is 12.9. The Bertz CT molecular complexity index is 218. The summed E-state index contributed by atoms with van der Waals surface area (Å²) in [5.41, 5.74) is 0. The summed E-state index contributed by atoms with van der Waals surface area (Å²) < 4.78 is 4.93. The van der Waals surface area contributed by atoms with E-state index in [1.807, 2.05) is 0 Å². The van der Waals surface area contributed by atoms with Crippen molar-refractivity contribution in [1.29, 1.82) is 0 Å². The van der Waals surface area contributed by atoms with E-state index in [4.69, 9.17) is 4.74 Å². The van der Waals surface area contributed by atoms with Gasteiger partial charge in [0, 0.05) is 13.2 Å². The van der Waals surface area contributed by atoms with E-state index in [0.717, 1.165) is 18.9 Å². The molecule has 0 saturated carbocycles. The second-order valence-corrected chi connectivity index (χ2v) is 5.82. The van der Waals surface area contributed by atoms with E-state index in [0.29, 0.717) is 12.6 Å². The third-order valence-corrected chi connectivity index (χ3v) is 4.18. The first-order valence-electron chi connectivity index (χ1n) is 7.80. The maximum Gasteiger partial charge on any atom is 0.0785 e. The first-order chi connectivity index (χ1) is 9.17. The fraction of sp³-hybridized carbons (Fsp3) is 1.00. The highest BCUT2D eigenvalue weighted by Crippen LogP contribution is 2.20. The van der Waals surface area contributed by atoms with Crippen LogP contribution >= 0.6 is 0 Å². The predicted octanol–water partition coefficient (Wildman–Crippen LogP) is 1.48. The lowest BCUT2D eigenvalue weighted by Crippen LogP contribution is -2.42. The Kier molecular flexibility index (Phi) is 8.62. The maximum absolute atomic E-state index is 9.59. The van der Waals surface area contributed by atoms with Gasteiger partial charge in [-0.15, -0.1) is 0 Å². The summed E-state index contributed by atoms with van der Waals surface area (Å²) in [4.78, 5) is 2.57. The minimum Gasteiger partial charge on any atom is -0.391 e. The number of hydrogen-bond acceptors (Lipinski definition) is 4. The molecular formula is C15H32N2O2. The minimum absolute atomic E-state index is 0.337. The number of ether oxygens (including phenoxy) is 1. The van der Waals surface area contributed by atoms with Crippen LogP contribution in [0, 0.1) is 5.92 Å². The van der Waals surface area contributed by atoms with E-state index in [1.54, 1.807) is 7.11 Å². The van der Waals surface area contributed by atoms with Crippen LogP contribution in [0.5, 0.6) is 0 Å². The fourth-order valence-corrected chi connectivity index (χ4v) is 2.91. The number of nitrogens with zero attached hydrogens (tertiary/aromatic N) is 1. The van der Waals surface area contributed by atoms with Crippen molar-refractivity contribution < 1.29 is 9.84 Å². The topological polar surface area (TPSA) is 44.7 Å². The highest BCUT2D eigenvalue weighted by Gasteiger charge is 2.23. The molecule has 19 heavy (non-hydrogen) atoms. The van der Waals surface area contributed by atoms with Crippen molar-refractivity contribution >= 4 is 0 Å². The predicted molar refractivity (Wildman–Crippen MR) is 79.4 cm³/mol. The molecule has 0 aliphatic carbocycles. The second kappa shape index (κ2) is 9.70. The van der Waals surface area contributed by atoms with Gasteiger partial charge in [0.25, 0.3) is 0 Å². The molecule has 114 valence electrons. The first kappa shape index (κ1) is 16.9. The van der Waals surface area contributed by atoms with Gasteiger partial charge in [-0.25, -0.2) is 0 Å². The summed E-state index contributed by atoms with van der Waals surface area (Å²) in [6.07, 6.45) is 4.29. The van der Waals surface area contributed by atoms with Crippen LogP contribution < -0.4 is 5.32 Å². The molecule has 0 spiro atoms. The van der Waals surface area contributed by atoms with Crippen molar-refractivity contribution in [2.45, 2.75) is 51.7 Å². The monoisotopic (exact) mass is 272 g/mol. The lowest BCUT2D eigenvalue weighted by Gasteiger charge is -2.35. The van der Waals surface area contributed by atoms with Gasteiger partial charge in [-0.1, -0.05) is 6.92 Å². The molecular weight excluding hydrogens is 240 g/mol. The summed E-state index contributed by atoms with van der Waals surface area (Å²) in [6, 6.07) is 0.554. The maximum atomic E-state index is 9.59. The molecule has 1 heterocycles. The number of hydrogen-bond donors (Lipinski definition) is 2. The van der Waals surface area contributed by atoms with Gasteiger partial charge >= 0.3 is 0 Å². The van der Waals surface area contributed by atoms with Gasteiger partial charge in [-0.3, -0.25) is 0 Å². The summed E-state index contributed by atoms with van der Waals surface area (Å²) in [5, 5.41) is 13.1. The Morgan fingerprint density at radius 2 is 2.05 bits per heavy atom. The lowest BCUT2D eigenvalue weighted by molar-refractivity contribution is 0.0582. The van der Waals surface area contributed by atoms with Gasteiger partial charge in [0.2, 0.25) is 0 Å². The number of aliphatic hydroxyl groups is 1. The Morgan fingerprint density at radius 3 is 2.63 bits per heavy atom. The molecule has 2 unspecified atom stereocenters. The molecule has 2 N–H and O–H groups in total. The molecule has 0 aromatic rings. The summed E-state index contributed by atoms with van der Waals surface area (Å²) in [7, 11) is 1.63. The average molecular weight is 272 g/mol. The van der Waals surface area contributed by atoms with E-state index >= 15 is 0 Å². The van der Waals surface area contributed by atoms with Crippen molar-refractivity contribution in [2.24, 2.45) is 5.92 Å². The van der Waals surface area contributed by atoms with Crippen molar-refractivity contribution in [1.82, 2.24) is 10.2 Å². The van der Waals surface area contributed by atoms with Crippen LogP contribution in [-0.4, -0.2) is 62.0 Å². The SMILES string of the molecule is CCCN1CCC(C(C)NCCC(O)COC)CC1. The first-order valence-corrected chi connectivity index (χ1v) is 7.80. The fourth-order valence-electron chi connectivity index (χ4n) is 2.91. The van der Waals surface area contributed by atoms with Crippen molar-refractivity contribution in [3.8, 4) is 0 Å². The van der Waals surface area contributed by atoms with Crippen LogP contribution in [-0.2, 0) is 4.74 Å². The summed E-state index contributed by atoms with van der Waals surface area (Å²) in [5.74, 6) is 0.785. The number of piperidine rings is 1. The number of aliphatic hydroxyl groups excluding tert-OH is 1. The Labute approximate surface area is 118 Å². The second-order valence-electron chi connectivity index (χ2n) is 5.82. The Balaban J connectivity index is 2.12. The number of likely N-dealkylation sites (tertiary alicyclic amines) is 1. The van der Waals surface area contributed by atoms with Gasteiger partial charge < -0.3 is 20.1 Å². The van der Waals surface area contributed by atoms with E-state index in [1.165, 1.54) is 38.9 Å². The molecule has 0 bridgehead atoms. The van der Waals surface area contributed by atoms with E-state index in [-0.39, 0.29) is 6.10 Å². The molecule has 0 radical (unpaired) electrons. The molecule has 1 fully saturated rings. The molecule has 4 nitrogen and oxygen atoms in total. The molecule has 1 rings (SSSR count). The Morgan fingerprint density at radius 1 is 1.37 bits per heavy atom. The summed E-state index contributed by atoms with van der Waals surface area (Å²) in [6.45, 7) is 9.59. The number of rotatable bonds is 9. The summed E-state index contributed by atoms with van der Waals surface area (Å²) >= 11 is 0. The van der Waals surface area contributed by atoms with Crippen molar-refractivity contribution in [3.63, 3.8) is 0 Å². The van der Waals surface area contributed by atoms with E-state index < -0.39 is 0 Å². The zero-order chi connectivity index (χ0) is 14.1.